The van der Waals surface area contributed by atoms with Crippen molar-refractivity contribution in [2.75, 3.05) is 26.4 Å². The molecule has 0 radical (unpaired) electrons. The summed E-state index contributed by atoms with van der Waals surface area (Å²) in [7, 11) is 0. The van der Waals surface area contributed by atoms with Crippen LogP contribution < -0.4 is 0 Å². The molecule has 0 aliphatic rings. The minimum atomic E-state index is -1.31. The standard InChI is InChI=1S/C14H30O4.Zr/c1-11(2)7-16-14(10-15,17-8-12(3)4)18-9-13(5)6;/h11-13,15H,7-10H2,1-6H3;. The first kappa shape index (κ1) is 22.0. The maximum Gasteiger partial charge on any atom is 0.307 e. The SMILES string of the molecule is CC(C)COC(CO)(OCC(C)C)OCC(C)C.[Zr]. The van der Waals surface area contributed by atoms with E-state index in [9.17, 15) is 5.11 Å². The number of hydrogen-bond acceptors (Lipinski definition) is 4. The van der Waals surface area contributed by atoms with Gasteiger partial charge in [-0.25, -0.2) is 0 Å². The third kappa shape index (κ3) is 11.1. The number of hydrogen-bond donors (Lipinski definition) is 1. The van der Waals surface area contributed by atoms with E-state index in [0.29, 0.717) is 37.6 Å². The van der Waals surface area contributed by atoms with Crippen molar-refractivity contribution in [1.82, 2.24) is 0 Å². The minimum Gasteiger partial charge on any atom is -0.388 e. The average molecular weight is 354 g/mol. The van der Waals surface area contributed by atoms with E-state index in [1.54, 1.807) is 0 Å². The summed E-state index contributed by atoms with van der Waals surface area (Å²) >= 11 is 0. The van der Waals surface area contributed by atoms with E-state index in [1.807, 2.05) is 41.5 Å². The van der Waals surface area contributed by atoms with Gasteiger partial charge in [0.15, 0.2) is 0 Å². The van der Waals surface area contributed by atoms with E-state index in [1.165, 1.54) is 0 Å². The molecule has 0 aromatic carbocycles. The quantitative estimate of drug-likeness (QED) is 0.613. The molecule has 0 aliphatic heterocycles. The van der Waals surface area contributed by atoms with Gasteiger partial charge in [-0.05, 0) is 17.8 Å². The molecule has 0 spiro atoms. The van der Waals surface area contributed by atoms with E-state index in [4.69, 9.17) is 14.2 Å². The van der Waals surface area contributed by atoms with Crippen LogP contribution >= 0.6 is 0 Å². The average Bonchev–Trinajstić information content (AvgIpc) is 2.28. The van der Waals surface area contributed by atoms with Crippen molar-refractivity contribution in [2.45, 2.75) is 47.5 Å². The number of ether oxygens (including phenoxy) is 3. The van der Waals surface area contributed by atoms with Crippen molar-refractivity contribution in [3.8, 4) is 0 Å². The molecule has 0 heterocycles. The summed E-state index contributed by atoms with van der Waals surface area (Å²) in [6.07, 6.45) is 0. The Morgan fingerprint density at radius 1 is 0.737 bits per heavy atom. The largest absolute Gasteiger partial charge is 0.388 e. The van der Waals surface area contributed by atoms with E-state index < -0.39 is 5.97 Å². The second-order valence-corrected chi connectivity index (χ2v) is 5.96. The molecule has 0 aromatic heterocycles. The maximum atomic E-state index is 9.54. The van der Waals surface area contributed by atoms with Crippen molar-refractivity contribution in [3.05, 3.63) is 0 Å². The maximum absolute atomic E-state index is 9.54. The normalized spacial score (nSPS) is 12.3. The van der Waals surface area contributed by atoms with Crippen molar-refractivity contribution < 1.29 is 45.5 Å². The van der Waals surface area contributed by atoms with Crippen LogP contribution in [0.4, 0.5) is 0 Å². The third-order valence-electron chi connectivity index (χ3n) is 2.10. The molecule has 1 N–H and O–H groups in total. The summed E-state index contributed by atoms with van der Waals surface area (Å²) in [5.41, 5.74) is 0. The van der Waals surface area contributed by atoms with Crippen LogP contribution in [0.5, 0.6) is 0 Å². The molecule has 4 nitrogen and oxygen atoms in total. The second kappa shape index (κ2) is 11.4. The summed E-state index contributed by atoms with van der Waals surface area (Å²) in [5, 5.41) is 9.54. The van der Waals surface area contributed by atoms with E-state index >= 15 is 0 Å². The van der Waals surface area contributed by atoms with Gasteiger partial charge in [-0.2, -0.15) is 0 Å². The summed E-state index contributed by atoms with van der Waals surface area (Å²) in [6, 6.07) is 0. The fourth-order valence-electron chi connectivity index (χ4n) is 1.14. The topological polar surface area (TPSA) is 47.9 Å². The molecule has 0 rings (SSSR count). The zero-order valence-electron chi connectivity index (χ0n) is 13.2. The van der Waals surface area contributed by atoms with E-state index in [2.05, 4.69) is 0 Å². The minimum absolute atomic E-state index is 0. The molecule has 0 saturated carbocycles. The van der Waals surface area contributed by atoms with Crippen LogP contribution in [0, 0.1) is 17.8 Å². The molecule has 0 atom stereocenters. The Kier molecular flexibility index (Phi) is 13.2. The fourth-order valence-corrected chi connectivity index (χ4v) is 1.14. The third-order valence-corrected chi connectivity index (χ3v) is 2.10. The van der Waals surface area contributed by atoms with Crippen LogP contribution in [0.3, 0.4) is 0 Å². The molecule has 5 heteroatoms. The molecular formula is C14H30O4Zr. The van der Waals surface area contributed by atoms with Gasteiger partial charge in [0.1, 0.15) is 6.61 Å². The zero-order valence-corrected chi connectivity index (χ0v) is 15.7. The van der Waals surface area contributed by atoms with Crippen LogP contribution in [0.15, 0.2) is 0 Å². The summed E-state index contributed by atoms with van der Waals surface area (Å²) in [6.45, 7) is 13.5. The Hall–Kier alpha value is 0.723. The molecule has 0 unspecified atom stereocenters. The molecular weight excluding hydrogens is 323 g/mol. The van der Waals surface area contributed by atoms with Gasteiger partial charge in [0.05, 0.1) is 19.8 Å². The number of aliphatic hydroxyl groups is 1. The molecule has 0 aromatic rings. The van der Waals surface area contributed by atoms with Gasteiger partial charge in [0.2, 0.25) is 0 Å². The molecule has 114 valence electrons. The first-order valence-corrected chi connectivity index (χ1v) is 6.84. The molecule has 19 heavy (non-hydrogen) atoms. The molecule has 0 amide bonds. The van der Waals surface area contributed by atoms with Crippen molar-refractivity contribution in [2.24, 2.45) is 17.8 Å². The summed E-state index contributed by atoms with van der Waals surface area (Å²) in [4.78, 5) is 0. The van der Waals surface area contributed by atoms with Crippen LogP contribution in [0.1, 0.15) is 41.5 Å². The van der Waals surface area contributed by atoms with Crippen molar-refractivity contribution in [1.29, 1.82) is 0 Å². The predicted octanol–water partition coefficient (Wildman–Crippen LogP) is 2.65. The van der Waals surface area contributed by atoms with Gasteiger partial charge in [0, 0.05) is 26.2 Å². The van der Waals surface area contributed by atoms with Crippen LogP contribution in [-0.2, 0) is 40.4 Å². The van der Waals surface area contributed by atoms with Crippen molar-refractivity contribution >= 4 is 0 Å². The fraction of sp³-hybridized carbons (Fsp3) is 1.00. The summed E-state index contributed by atoms with van der Waals surface area (Å²) in [5.74, 6) is -0.220. The first-order chi connectivity index (χ1) is 8.31. The van der Waals surface area contributed by atoms with Gasteiger partial charge >= 0.3 is 5.97 Å². The monoisotopic (exact) mass is 352 g/mol. The van der Waals surface area contributed by atoms with Gasteiger partial charge in [-0.1, -0.05) is 41.5 Å². The number of aliphatic hydroxyl groups excluding tert-OH is 1. The molecule has 0 fully saturated rings. The first-order valence-electron chi connectivity index (χ1n) is 6.84. The smallest absolute Gasteiger partial charge is 0.307 e. The van der Waals surface area contributed by atoms with Crippen LogP contribution in [0.25, 0.3) is 0 Å². The van der Waals surface area contributed by atoms with Gasteiger partial charge in [-0.3, -0.25) is 0 Å². The Morgan fingerprint density at radius 3 is 1.16 bits per heavy atom. The summed E-state index contributed by atoms with van der Waals surface area (Å²) < 4.78 is 16.9. The molecule has 0 saturated heterocycles. The van der Waals surface area contributed by atoms with E-state index in [0.717, 1.165) is 0 Å². The Labute approximate surface area is 137 Å². The van der Waals surface area contributed by atoms with Crippen LogP contribution in [0.2, 0.25) is 0 Å². The van der Waals surface area contributed by atoms with E-state index in [-0.39, 0.29) is 32.8 Å². The molecule has 0 aliphatic carbocycles. The number of rotatable bonds is 10. The zero-order chi connectivity index (χ0) is 14.2. The van der Waals surface area contributed by atoms with Gasteiger partial charge < -0.3 is 19.3 Å². The van der Waals surface area contributed by atoms with Gasteiger partial charge in [0.25, 0.3) is 0 Å². The second-order valence-electron chi connectivity index (χ2n) is 5.96. The van der Waals surface area contributed by atoms with Gasteiger partial charge in [-0.15, -0.1) is 0 Å². The Balaban J connectivity index is 0. The predicted molar refractivity (Wildman–Crippen MR) is 72.2 cm³/mol. The van der Waals surface area contributed by atoms with Crippen LogP contribution in [-0.4, -0.2) is 37.5 Å². The Bertz CT molecular complexity index is 176. The molecule has 0 bridgehead atoms. The van der Waals surface area contributed by atoms with Crippen molar-refractivity contribution in [3.63, 3.8) is 0 Å². The Morgan fingerprint density at radius 2 is 1.00 bits per heavy atom.